The number of urea groups is 1. The number of piperidine rings is 1. The van der Waals surface area contributed by atoms with E-state index in [0.717, 1.165) is 12.8 Å². The minimum atomic E-state index is -0.227. The quantitative estimate of drug-likeness (QED) is 0.876. The number of halogens is 1. The number of rotatable bonds is 2. The summed E-state index contributed by atoms with van der Waals surface area (Å²) in [5.41, 5.74) is 0.594. The maximum absolute atomic E-state index is 14.0. The van der Waals surface area contributed by atoms with Gasteiger partial charge in [0, 0.05) is 51.7 Å². The summed E-state index contributed by atoms with van der Waals surface area (Å²) in [7, 11) is 0. The molecule has 2 fully saturated rings. The van der Waals surface area contributed by atoms with Gasteiger partial charge in [-0.25, -0.2) is 9.18 Å². The van der Waals surface area contributed by atoms with Gasteiger partial charge in [-0.1, -0.05) is 12.1 Å². The number of hydrogen-bond acceptors (Lipinski definition) is 3. The summed E-state index contributed by atoms with van der Waals surface area (Å²) in [6, 6.07) is 6.80. The topological polar surface area (TPSA) is 55.9 Å². The minimum absolute atomic E-state index is 0.000615. The van der Waals surface area contributed by atoms with Crippen molar-refractivity contribution in [2.45, 2.75) is 38.8 Å². The van der Waals surface area contributed by atoms with Crippen LogP contribution in [0.5, 0.6) is 0 Å². The molecular formula is C19H27FN4O2. The number of benzene rings is 1. The van der Waals surface area contributed by atoms with Crippen molar-refractivity contribution in [2.75, 3.05) is 37.6 Å². The standard InChI is InChI=1S/C19H27FN4O2/c1-14-13-23(18-6-4-3-5-17(18)20)11-12-24(14)19(26)21-16-7-9-22(10-8-16)15(2)25/h3-6,14,16H,7-13H2,1-2H3,(H,21,26)/t14-/m0/s1. The predicted molar refractivity (Wildman–Crippen MR) is 98.6 cm³/mol. The molecule has 7 heteroatoms. The van der Waals surface area contributed by atoms with Crippen LogP contribution in [0.4, 0.5) is 14.9 Å². The van der Waals surface area contributed by atoms with Crippen LogP contribution in [-0.2, 0) is 4.79 Å². The molecule has 1 aromatic rings. The molecule has 6 nitrogen and oxygen atoms in total. The Balaban J connectivity index is 1.52. The fourth-order valence-corrected chi connectivity index (χ4v) is 3.78. The van der Waals surface area contributed by atoms with E-state index in [0.29, 0.717) is 38.4 Å². The highest BCUT2D eigenvalue weighted by atomic mass is 19.1. The van der Waals surface area contributed by atoms with Crippen LogP contribution in [0.15, 0.2) is 24.3 Å². The molecular weight excluding hydrogens is 335 g/mol. The number of para-hydroxylation sites is 1. The van der Waals surface area contributed by atoms with E-state index in [4.69, 9.17) is 0 Å². The molecule has 0 saturated carbocycles. The Kier molecular flexibility index (Phi) is 5.64. The van der Waals surface area contributed by atoms with Gasteiger partial charge in [0.25, 0.3) is 0 Å². The summed E-state index contributed by atoms with van der Waals surface area (Å²) >= 11 is 0. The molecule has 1 aromatic carbocycles. The van der Waals surface area contributed by atoms with Gasteiger partial charge in [-0.15, -0.1) is 0 Å². The Bertz CT molecular complexity index is 661. The molecule has 3 rings (SSSR count). The maximum atomic E-state index is 14.0. The molecule has 0 radical (unpaired) electrons. The van der Waals surface area contributed by atoms with Crippen LogP contribution >= 0.6 is 0 Å². The summed E-state index contributed by atoms with van der Waals surface area (Å²) < 4.78 is 14.0. The zero-order valence-corrected chi connectivity index (χ0v) is 15.4. The molecule has 2 aliphatic heterocycles. The first-order valence-corrected chi connectivity index (χ1v) is 9.28. The number of carbonyl (C=O) groups is 2. The third kappa shape index (κ3) is 4.08. The van der Waals surface area contributed by atoms with Crippen molar-refractivity contribution in [3.63, 3.8) is 0 Å². The van der Waals surface area contributed by atoms with Crippen LogP contribution in [0.3, 0.4) is 0 Å². The van der Waals surface area contributed by atoms with Crippen LogP contribution < -0.4 is 10.2 Å². The summed E-state index contributed by atoms with van der Waals surface area (Å²) in [4.78, 5) is 29.7. The van der Waals surface area contributed by atoms with E-state index in [1.54, 1.807) is 19.1 Å². The van der Waals surface area contributed by atoms with E-state index in [2.05, 4.69) is 5.32 Å². The number of likely N-dealkylation sites (tertiary alicyclic amines) is 1. The number of hydrogen-bond donors (Lipinski definition) is 1. The number of anilines is 1. The van der Waals surface area contributed by atoms with Crippen LogP contribution in [0.25, 0.3) is 0 Å². The molecule has 1 atom stereocenters. The first-order valence-electron chi connectivity index (χ1n) is 9.28. The first kappa shape index (κ1) is 18.5. The number of nitrogens with zero attached hydrogens (tertiary/aromatic N) is 3. The molecule has 1 N–H and O–H groups in total. The average molecular weight is 362 g/mol. The molecule has 26 heavy (non-hydrogen) atoms. The molecule has 2 saturated heterocycles. The van der Waals surface area contributed by atoms with Gasteiger partial charge < -0.3 is 20.0 Å². The molecule has 0 aromatic heterocycles. The van der Waals surface area contributed by atoms with Crippen molar-refractivity contribution in [1.29, 1.82) is 0 Å². The molecule has 0 unspecified atom stereocenters. The van der Waals surface area contributed by atoms with Gasteiger partial charge in [0.15, 0.2) is 0 Å². The minimum Gasteiger partial charge on any atom is -0.365 e. The summed E-state index contributed by atoms with van der Waals surface area (Å²) in [5, 5.41) is 3.10. The summed E-state index contributed by atoms with van der Waals surface area (Å²) in [6.07, 6.45) is 1.57. The zero-order chi connectivity index (χ0) is 18.7. The monoisotopic (exact) mass is 362 g/mol. The lowest BCUT2D eigenvalue weighted by molar-refractivity contribution is -0.129. The van der Waals surface area contributed by atoms with Crippen molar-refractivity contribution in [2.24, 2.45) is 0 Å². The van der Waals surface area contributed by atoms with E-state index in [-0.39, 0.29) is 29.8 Å². The lowest BCUT2D eigenvalue weighted by Gasteiger charge is -2.42. The Morgan fingerprint density at radius 3 is 2.42 bits per heavy atom. The van der Waals surface area contributed by atoms with Crippen LogP contribution in [0, 0.1) is 5.82 Å². The average Bonchev–Trinajstić information content (AvgIpc) is 2.62. The third-order valence-corrected chi connectivity index (χ3v) is 5.35. The second-order valence-corrected chi connectivity index (χ2v) is 7.17. The van der Waals surface area contributed by atoms with Gasteiger partial charge in [0.1, 0.15) is 5.82 Å². The number of nitrogens with one attached hydrogen (secondary N) is 1. The van der Waals surface area contributed by atoms with Gasteiger partial charge in [-0.05, 0) is 31.9 Å². The first-order chi connectivity index (χ1) is 12.5. The largest absolute Gasteiger partial charge is 0.365 e. The second kappa shape index (κ2) is 7.93. The molecule has 0 spiro atoms. The molecule has 3 amide bonds. The Hall–Kier alpha value is -2.31. The second-order valence-electron chi connectivity index (χ2n) is 7.17. The van der Waals surface area contributed by atoms with Gasteiger partial charge in [-0.3, -0.25) is 4.79 Å². The number of carbonyl (C=O) groups excluding carboxylic acids is 2. The Morgan fingerprint density at radius 1 is 1.12 bits per heavy atom. The van der Waals surface area contributed by atoms with E-state index in [9.17, 15) is 14.0 Å². The molecule has 0 bridgehead atoms. The normalized spacial score (nSPS) is 21.7. The highest BCUT2D eigenvalue weighted by Crippen LogP contribution is 2.22. The molecule has 142 valence electrons. The van der Waals surface area contributed by atoms with Crippen molar-refractivity contribution in [1.82, 2.24) is 15.1 Å². The Labute approximate surface area is 153 Å². The molecule has 2 heterocycles. The van der Waals surface area contributed by atoms with Gasteiger partial charge in [-0.2, -0.15) is 0 Å². The van der Waals surface area contributed by atoms with Crippen LogP contribution in [0.1, 0.15) is 26.7 Å². The van der Waals surface area contributed by atoms with Crippen molar-refractivity contribution in [3.05, 3.63) is 30.1 Å². The number of amides is 3. The van der Waals surface area contributed by atoms with Crippen LogP contribution in [0.2, 0.25) is 0 Å². The Morgan fingerprint density at radius 2 is 1.81 bits per heavy atom. The number of piperazine rings is 1. The fraction of sp³-hybridized carbons (Fsp3) is 0.579. The third-order valence-electron chi connectivity index (χ3n) is 5.35. The molecule has 2 aliphatic rings. The van der Waals surface area contributed by atoms with E-state index in [1.807, 2.05) is 27.7 Å². The summed E-state index contributed by atoms with van der Waals surface area (Å²) in [5.74, 6) is -0.137. The van der Waals surface area contributed by atoms with E-state index >= 15 is 0 Å². The highest BCUT2D eigenvalue weighted by molar-refractivity contribution is 5.76. The lowest BCUT2D eigenvalue weighted by Crippen LogP contribution is -2.58. The SMILES string of the molecule is CC(=O)N1CCC(NC(=O)N2CCN(c3ccccc3F)C[C@@H]2C)CC1. The smallest absolute Gasteiger partial charge is 0.317 e. The summed E-state index contributed by atoms with van der Waals surface area (Å²) in [6.45, 7) is 6.74. The van der Waals surface area contributed by atoms with Crippen molar-refractivity contribution in [3.8, 4) is 0 Å². The van der Waals surface area contributed by atoms with Gasteiger partial charge in [0.2, 0.25) is 5.91 Å². The fourth-order valence-electron chi connectivity index (χ4n) is 3.78. The van der Waals surface area contributed by atoms with Crippen molar-refractivity contribution >= 4 is 17.6 Å². The van der Waals surface area contributed by atoms with Gasteiger partial charge >= 0.3 is 6.03 Å². The van der Waals surface area contributed by atoms with E-state index < -0.39 is 0 Å². The van der Waals surface area contributed by atoms with E-state index in [1.165, 1.54) is 6.07 Å². The highest BCUT2D eigenvalue weighted by Gasteiger charge is 2.30. The zero-order valence-electron chi connectivity index (χ0n) is 15.4. The molecule has 0 aliphatic carbocycles. The maximum Gasteiger partial charge on any atom is 0.317 e. The predicted octanol–water partition coefficient (Wildman–Crippen LogP) is 2.06. The lowest BCUT2D eigenvalue weighted by atomic mass is 10.1. The van der Waals surface area contributed by atoms with Gasteiger partial charge in [0.05, 0.1) is 5.69 Å². The van der Waals surface area contributed by atoms with Crippen LogP contribution in [-0.4, -0.2) is 66.5 Å². The van der Waals surface area contributed by atoms with Crippen molar-refractivity contribution < 1.29 is 14.0 Å².